The largest absolute Gasteiger partial charge is 0.477 e. The van der Waals surface area contributed by atoms with Gasteiger partial charge in [0, 0.05) is 16.7 Å². The molecule has 0 aliphatic rings. The average molecular weight is 515 g/mol. The number of pyridine rings is 1. The molecule has 0 bridgehead atoms. The Balaban J connectivity index is 1.43. The number of carbonyl (C=O) groups is 2. The van der Waals surface area contributed by atoms with Crippen LogP contribution in [-0.4, -0.2) is 52.1 Å². The number of carboxylic acids is 1. The molecular weight excluding hydrogens is 496 g/mol. The van der Waals surface area contributed by atoms with E-state index in [1.54, 1.807) is 24.3 Å². The molecule has 0 spiro atoms. The van der Waals surface area contributed by atoms with Gasteiger partial charge in [0.1, 0.15) is 17.8 Å². The molecule has 0 saturated heterocycles. The highest BCUT2D eigenvalue weighted by molar-refractivity contribution is 6.30. The van der Waals surface area contributed by atoms with Crippen molar-refractivity contribution in [3.8, 4) is 5.69 Å². The number of imidazole rings is 1. The van der Waals surface area contributed by atoms with Crippen molar-refractivity contribution in [3.63, 3.8) is 0 Å². The van der Waals surface area contributed by atoms with E-state index in [-0.39, 0.29) is 11.6 Å². The van der Waals surface area contributed by atoms with Crippen LogP contribution < -0.4 is 5.32 Å². The van der Waals surface area contributed by atoms with Crippen LogP contribution in [0.4, 0.5) is 0 Å². The number of rotatable bonds is 8. The lowest BCUT2D eigenvalue weighted by atomic mass is 10.1. The zero-order chi connectivity index (χ0) is 25.8. The first kappa shape index (κ1) is 23.8. The maximum atomic E-state index is 13.0. The van der Waals surface area contributed by atoms with Crippen LogP contribution in [0.2, 0.25) is 5.02 Å². The quantitative estimate of drug-likeness (QED) is 0.266. The summed E-state index contributed by atoms with van der Waals surface area (Å²) in [7, 11) is 0. The monoisotopic (exact) mass is 514 g/mol. The van der Waals surface area contributed by atoms with Crippen molar-refractivity contribution in [2.24, 2.45) is 0 Å². The van der Waals surface area contributed by atoms with Gasteiger partial charge in [-0.3, -0.25) is 4.79 Å². The minimum absolute atomic E-state index is 0.114. The Morgan fingerprint density at radius 3 is 2.76 bits per heavy atom. The lowest BCUT2D eigenvalue weighted by Gasteiger charge is -2.16. The zero-order valence-corrected chi connectivity index (χ0v) is 19.9. The van der Waals surface area contributed by atoms with Crippen molar-refractivity contribution >= 4 is 40.6 Å². The summed E-state index contributed by atoms with van der Waals surface area (Å²) in [5, 5.41) is 23.9. The summed E-state index contributed by atoms with van der Waals surface area (Å²) >= 11 is 6.17. The highest BCUT2D eigenvalue weighted by atomic mass is 35.5. The van der Waals surface area contributed by atoms with Gasteiger partial charge in [0.2, 0.25) is 5.91 Å². The third-order valence-electron chi connectivity index (χ3n) is 5.53. The van der Waals surface area contributed by atoms with E-state index in [2.05, 4.69) is 35.8 Å². The molecule has 0 radical (unpaired) electrons. The van der Waals surface area contributed by atoms with Crippen LogP contribution in [0.3, 0.4) is 0 Å². The van der Waals surface area contributed by atoms with Crippen LogP contribution >= 0.6 is 11.6 Å². The Morgan fingerprint density at radius 2 is 2.00 bits per heavy atom. The Hall–Kier alpha value is -4.90. The summed E-state index contributed by atoms with van der Waals surface area (Å²) < 4.78 is 1.47. The number of nitrogens with zero attached hydrogens (tertiary/aromatic N) is 6. The van der Waals surface area contributed by atoms with Crippen LogP contribution in [0.25, 0.3) is 22.8 Å². The number of benzene rings is 2. The number of amides is 1. The number of tetrazole rings is 1. The number of nitrogens with one attached hydrogen (secondary N) is 2. The van der Waals surface area contributed by atoms with Crippen LogP contribution in [0.15, 0.2) is 73.2 Å². The first-order valence-electron chi connectivity index (χ1n) is 11.1. The van der Waals surface area contributed by atoms with Gasteiger partial charge in [0.15, 0.2) is 0 Å². The fraction of sp³-hybridized carbons (Fsp3) is 0.0800. The van der Waals surface area contributed by atoms with Gasteiger partial charge < -0.3 is 15.4 Å². The second-order valence-corrected chi connectivity index (χ2v) is 8.49. The van der Waals surface area contributed by atoms with Gasteiger partial charge in [-0.2, -0.15) is 4.68 Å². The fourth-order valence-electron chi connectivity index (χ4n) is 3.80. The van der Waals surface area contributed by atoms with E-state index in [0.29, 0.717) is 39.6 Å². The molecule has 2 aromatic carbocycles. The number of halogens is 1. The lowest BCUT2D eigenvalue weighted by molar-refractivity contribution is -0.117. The van der Waals surface area contributed by atoms with Crippen LogP contribution in [0, 0.1) is 0 Å². The molecule has 5 aromatic rings. The van der Waals surface area contributed by atoms with E-state index >= 15 is 0 Å². The highest BCUT2D eigenvalue weighted by Gasteiger charge is 2.19. The first-order chi connectivity index (χ1) is 18.0. The number of aromatic carboxylic acids is 1. The lowest BCUT2D eigenvalue weighted by Crippen LogP contribution is -2.29. The second kappa shape index (κ2) is 10.4. The van der Waals surface area contributed by atoms with Gasteiger partial charge in [0.25, 0.3) is 0 Å². The van der Waals surface area contributed by atoms with E-state index in [9.17, 15) is 14.7 Å². The highest BCUT2D eigenvalue weighted by Crippen LogP contribution is 2.22. The maximum absolute atomic E-state index is 13.0. The fourth-order valence-corrected chi connectivity index (χ4v) is 3.98. The van der Waals surface area contributed by atoms with Crippen LogP contribution in [0.1, 0.15) is 33.5 Å². The molecule has 3 aromatic heterocycles. The molecule has 0 aliphatic carbocycles. The molecule has 184 valence electrons. The molecule has 0 saturated carbocycles. The topological polar surface area (TPSA) is 152 Å². The molecule has 3 heterocycles. The second-order valence-electron chi connectivity index (χ2n) is 8.06. The Bertz CT molecular complexity index is 1600. The predicted octanol–water partition coefficient (Wildman–Crippen LogP) is 3.40. The Kier molecular flexibility index (Phi) is 6.68. The predicted molar refractivity (Wildman–Crippen MR) is 135 cm³/mol. The summed E-state index contributed by atoms with van der Waals surface area (Å²) in [6.45, 7) is 0. The molecule has 12 heteroatoms. The van der Waals surface area contributed by atoms with Gasteiger partial charge in [-0.15, -0.1) is 5.10 Å². The van der Waals surface area contributed by atoms with Crippen molar-refractivity contribution in [3.05, 3.63) is 101 Å². The molecule has 5 rings (SSSR count). The van der Waals surface area contributed by atoms with E-state index in [0.717, 1.165) is 5.56 Å². The summed E-state index contributed by atoms with van der Waals surface area (Å²) in [6.07, 6.45) is 6.33. The standard InChI is InChI=1S/C25H19ClN8O3/c26-17-7-8-22(34-14-28-32-33-34)16(11-17)6-9-23(35)29-19(10-15-4-2-1-3-5-15)24-30-18-12-20(25(36)37)27-13-21(18)31-24/h1-9,11-14,19H,10H2,(H,29,35)(H,30,31)(H,36,37)/b9-6+. The molecule has 37 heavy (non-hydrogen) atoms. The summed E-state index contributed by atoms with van der Waals surface area (Å²) in [6, 6.07) is 15.7. The number of hydrogen-bond donors (Lipinski definition) is 3. The smallest absolute Gasteiger partial charge is 0.354 e. The van der Waals surface area contributed by atoms with E-state index in [1.807, 2.05) is 30.3 Å². The van der Waals surface area contributed by atoms with Gasteiger partial charge in [-0.25, -0.2) is 14.8 Å². The number of H-pyrrole nitrogens is 1. The summed E-state index contributed by atoms with van der Waals surface area (Å²) in [4.78, 5) is 35.9. The molecule has 1 atom stereocenters. The normalized spacial score (nSPS) is 12.1. The van der Waals surface area contributed by atoms with Crippen LogP contribution in [-0.2, 0) is 11.2 Å². The SMILES string of the molecule is O=C(/C=C/c1cc(Cl)ccc1-n1cnnn1)NC(Cc1ccccc1)c1nc2cc(C(=O)O)ncc2[nH]1. The van der Waals surface area contributed by atoms with Gasteiger partial charge in [0.05, 0.1) is 29.0 Å². The minimum Gasteiger partial charge on any atom is -0.477 e. The molecule has 1 amide bonds. The number of aromatic nitrogens is 7. The number of fused-ring (bicyclic) bond motifs is 1. The minimum atomic E-state index is -1.15. The van der Waals surface area contributed by atoms with E-state index in [1.165, 1.54) is 29.3 Å². The third-order valence-corrected chi connectivity index (χ3v) is 5.77. The van der Waals surface area contributed by atoms with E-state index < -0.39 is 12.0 Å². The molecule has 3 N–H and O–H groups in total. The van der Waals surface area contributed by atoms with Crippen molar-refractivity contribution in [2.75, 3.05) is 0 Å². The number of carboxylic acid groups (broad SMARTS) is 1. The molecular formula is C25H19ClN8O3. The zero-order valence-electron chi connectivity index (χ0n) is 19.1. The van der Waals surface area contributed by atoms with Crippen molar-refractivity contribution in [1.82, 2.24) is 40.5 Å². The Morgan fingerprint density at radius 1 is 1.16 bits per heavy atom. The first-order valence-corrected chi connectivity index (χ1v) is 11.5. The number of aromatic amines is 1. The van der Waals surface area contributed by atoms with Crippen LogP contribution in [0.5, 0.6) is 0 Å². The number of hydrogen-bond acceptors (Lipinski definition) is 7. The van der Waals surface area contributed by atoms with E-state index in [4.69, 9.17) is 11.6 Å². The van der Waals surface area contributed by atoms with Crippen molar-refractivity contribution in [1.29, 1.82) is 0 Å². The maximum Gasteiger partial charge on any atom is 0.354 e. The Labute approximate surface area is 214 Å². The molecule has 1 unspecified atom stereocenters. The average Bonchev–Trinajstić information content (AvgIpc) is 3.57. The third kappa shape index (κ3) is 5.52. The summed E-state index contributed by atoms with van der Waals surface area (Å²) in [5.41, 5.74) is 3.17. The van der Waals surface area contributed by atoms with Gasteiger partial charge >= 0.3 is 5.97 Å². The van der Waals surface area contributed by atoms with Crippen molar-refractivity contribution in [2.45, 2.75) is 12.5 Å². The molecule has 11 nitrogen and oxygen atoms in total. The van der Waals surface area contributed by atoms with Gasteiger partial charge in [-0.1, -0.05) is 41.9 Å². The number of carbonyl (C=O) groups excluding carboxylic acids is 1. The molecule has 0 fully saturated rings. The summed E-state index contributed by atoms with van der Waals surface area (Å²) in [5.74, 6) is -1.04. The molecule has 0 aliphatic heterocycles. The van der Waals surface area contributed by atoms with Crippen molar-refractivity contribution < 1.29 is 14.7 Å². The van der Waals surface area contributed by atoms with Gasteiger partial charge in [-0.05, 0) is 52.8 Å².